The lowest BCUT2D eigenvalue weighted by molar-refractivity contribution is -0.138. The zero-order valence-electron chi connectivity index (χ0n) is 14.0. The van der Waals surface area contributed by atoms with E-state index in [9.17, 15) is 9.59 Å². The van der Waals surface area contributed by atoms with Crippen molar-refractivity contribution in [3.8, 4) is 0 Å². The van der Waals surface area contributed by atoms with E-state index in [4.69, 9.17) is 33.1 Å². The number of hydrogen-bond acceptors (Lipinski definition) is 7. The lowest BCUT2D eigenvalue weighted by atomic mass is 10.2. The van der Waals surface area contributed by atoms with Crippen LogP contribution in [-0.2, 0) is 9.59 Å². The summed E-state index contributed by atoms with van der Waals surface area (Å²) in [7, 11) is 0. The Balaban J connectivity index is 0.000000321. The molecule has 0 aliphatic carbocycles. The Morgan fingerprint density at radius 1 is 0.769 bits per heavy atom. The predicted octanol–water partition coefficient (Wildman–Crippen LogP) is 2.49. The molecule has 0 unspecified atom stereocenters. The summed E-state index contributed by atoms with van der Waals surface area (Å²) in [5.41, 5.74) is 25.6. The van der Waals surface area contributed by atoms with Gasteiger partial charge in [0.25, 0.3) is 0 Å². The Bertz CT molecular complexity index is 720. The first kappa shape index (κ1) is 21.0. The number of aliphatic carboxylic acids is 2. The summed E-state index contributed by atoms with van der Waals surface area (Å²) in [6.45, 7) is 0. The molecule has 2 aromatic rings. The largest absolute Gasteiger partial charge is 0.481 e. The highest BCUT2D eigenvalue weighted by Crippen LogP contribution is 2.38. The second kappa shape index (κ2) is 10.0. The third-order valence-electron chi connectivity index (χ3n) is 3.20. The molecule has 0 radical (unpaired) electrons. The van der Waals surface area contributed by atoms with Gasteiger partial charge >= 0.3 is 11.9 Å². The molecule has 2 rings (SSSR count). The highest BCUT2D eigenvalue weighted by molar-refractivity contribution is 7.99. The Kier molecular flexibility index (Phi) is 8.10. The average molecular weight is 378 g/mol. The van der Waals surface area contributed by atoms with Crippen LogP contribution in [0.5, 0.6) is 0 Å². The molecule has 2 aromatic carbocycles. The molecule has 0 bridgehead atoms. The normalized spacial score (nSPS) is 9.85. The van der Waals surface area contributed by atoms with E-state index in [-0.39, 0.29) is 19.3 Å². The standard InChI is InChI=1S/C12H14N4S.C5H8O4/c13-7-3-1-5-9(11(7)15)17-10-6-2-4-8(14)12(10)16;6-4(7)2-1-3-5(8)9/h1-6H,13-16H2;1-3H2,(H,6,7)(H,8,9). The molecule has 0 atom stereocenters. The lowest BCUT2D eigenvalue weighted by Crippen LogP contribution is -1.98. The first-order valence-corrected chi connectivity index (χ1v) is 8.43. The first-order chi connectivity index (χ1) is 12.2. The molecule has 0 saturated heterocycles. The van der Waals surface area contributed by atoms with Crippen molar-refractivity contribution in [2.24, 2.45) is 0 Å². The van der Waals surface area contributed by atoms with Gasteiger partial charge in [0.15, 0.2) is 0 Å². The predicted molar refractivity (Wildman–Crippen MR) is 104 cm³/mol. The number of carboxylic acids is 2. The SMILES string of the molecule is Nc1cccc(Sc2cccc(N)c2N)c1N.O=C(O)CCCC(=O)O. The second-order valence-corrected chi connectivity index (χ2v) is 6.34. The maximum atomic E-state index is 9.79. The van der Waals surface area contributed by atoms with Gasteiger partial charge < -0.3 is 33.1 Å². The van der Waals surface area contributed by atoms with E-state index in [0.717, 1.165) is 9.79 Å². The highest BCUT2D eigenvalue weighted by Gasteiger charge is 2.08. The van der Waals surface area contributed by atoms with Gasteiger partial charge in [-0.25, -0.2) is 0 Å². The summed E-state index contributed by atoms with van der Waals surface area (Å²) >= 11 is 1.46. The third kappa shape index (κ3) is 6.81. The van der Waals surface area contributed by atoms with E-state index in [1.807, 2.05) is 24.3 Å². The van der Waals surface area contributed by atoms with Crippen molar-refractivity contribution >= 4 is 46.5 Å². The van der Waals surface area contributed by atoms with Crippen LogP contribution in [0.1, 0.15) is 19.3 Å². The van der Waals surface area contributed by atoms with Gasteiger partial charge in [-0.1, -0.05) is 23.9 Å². The summed E-state index contributed by atoms with van der Waals surface area (Å²) in [4.78, 5) is 21.3. The number of rotatable bonds is 6. The fourth-order valence-electron chi connectivity index (χ4n) is 1.81. The Morgan fingerprint density at radius 2 is 1.15 bits per heavy atom. The molecule has 10 N–H and O–H groups in total. The minimum absolute atomic E-state index is 0.0632. The molecule has 140 valence electrons. The van der Waals surface area contributed by atoms with E-state index in [1.54, 1.807) is 12.1 Å². The molecule has 0 saturated carbocycles. The smallest absolute Gasteiger partial charge is 0.303 e. The van der Waals surface area contributed by atoms with Crippen molar-refractivity contribution in [1.29, 1.82) is 0 Å². The molecule has 26 heavy (non-hydrogen) atoms. The van der Waals surface area contributed by atoms with Crippen LogP contribution in [0.15, 0.2) is 46.2 Å². The number of benzene rings is 2. The molecular formula is C17H22N4O4S. The van der Waals surface area contributed by atoms with Gasteiger partial charge in [-0.15, -0.1) is 0 Å². The maximum Gasteiger partial charge on any atom is 0.303 e. The van der Waals surface area contributed by atoms with Crippen LogP contribution in [0.4, 0.5) is 22.7 Å². The van der Waals surface area contributed by atoms with Gasteiger partial charge in [-0.3, -0.25) is 9.59 Å². The van der Waals surface area contributed by atoms with Crippen LogP contribution in [0.25, 0.3) is 0 Å². The Labute approximate surface area is 155 Å². The molecular weight excluding hydrogens is 356 g/mol. The second-order valence-electron chi connectivity index (χ2n) is 5.26. The summed E-state index contributed by atoms with van der Waals surface area (Å²) in [5.74, 6) is -1.90. The maximum absolute atomic E-state index is 9.79. The van der Waals surface area contributed by atoms with Crippen molar-refractivity contribution in [3.05, 3.63) is 36.4 Å². The van der Waals surface area contributed by atoms with E-state index < -0.39 is 11.9 Å². The Morgan fingerprint density at radius 3 is 1.50 bits per heavy atom. The highest BCUT2D eigenvalue weighted by atomic mass is 32.2. The molecule has 0 fully saturated rings. The molecule has 0 aromatic heterocycles. The van der Waals surface area contributed by atoms with Gasteiger partial charge in [0.2, 0.25) is 0 Å². The fraction of sp³-hybridized carbons (Fsp3) is 0.176. The van der Waals surface area contributed by atoms with Gasteiger partial charge in [-0.05, 0) is 30.7 Å². The van der Waals surface area contributed by atoms with Crippen molar-refractivity contribution < 1.29 is 19.8 Å². The number of nitrogens with two attached hydrogens (primary N) is 4. The van der Waals surface area contributed by atoms with Crippen molar-refractivity contribution in [3.63, 3.8) is 0 Å². The minimum Gasteiger partial charge on any atom is -0.481 e. The molecule has 0 heterocycles. The van der Waals surface area contributed by atoms with Crippen molar-refractivity contribution in [2.75, 3.05) is 22.9 Å². The molecule has 0 aliphatic rings. The quantitative estimate of drug-likeness (QED) is 0.412. The Hall–Kier alpha value is -3.07. The average Bonchev–Trinajstić information content (AvgIpc) is 2.56. The third-order valence-corrected chi connectivity index (χ3v) is 4.35. The van der Waals surface area contributed by atoms with Gasteiger partial charge in [0.05, 0.1) is 22.7 Å². The molecule has 0 spiro atoms. The monoisotopic (exact) mass is 378 g/mol. The molecule has 8 nitrogen and oxygen atoms in total. The first-order valence-electron chi connectivity index (χ1n) is 7.61. The van der Waals surface area contributed by atoms with Crippen molar-refractivity contribution in [1.82, 2.24) is 0 Å². The number of carbonyl (C=O) groups is 2. The van der Waals surface area contributed by atoms with Gasteiger partial charge in [0, 0.05) is 22.6 Å². The number of carboxylic acid groups (broad SMARTS) is 2. The van der Waals surface area contributed by atoms with Crippen LogP contribution in [0, 0.1) is 0 Å². The lowest BCUT2D eigenvalue weighted by Gasteiger charge is -2.10. The number of nitrogen functional groups attached to an aromatic ring is 4. The molecule has 0 amide bonds. The number of hydrogen-bond donors (Lipinski definition) is 6. The van der Waals surface area contributed by atoms with Crippen LogP contribution >= 0.6 is 11.8 Å². The topological polar surface area (TPSA) is 179 Å². The van der Waals surface area contributed by atoms with E-state index in [1.165, 1.54) is 11.8 Å². The summed E-state index contributed by atoms with van der Waals surface area (Å²) in [6, 6.07) is 11.1. The van der Waals surface area contributed by atoms with Gasteiger partial charge in [-0.2, -0.15) is 0 Å². The van der Waals surface area contributed by atoms with Gasteiger partial charge in [0.1, 0.15) is 0 Å². The fourth-order valence-corrected chi connectivity index (χ4v) is 2.80. The number of para-hydroxylation sites is 2. The summed E-state index contributed by atoms with van der Waals surface area (Å²) in [6.07, 6.45) is 0.0866. The number of anilines is 4. The van der Waals surface area contributed by atoms with E-state index in [2.05, 4.69) is 0 Å². The zero-order chi connectivity index (χ0) is 19.7. The molecule has 9 heteroatoms. The zero-order valence-corrected chi connectivity index (χ0v) is 14.8. The van der Waals surface area contributed by atoms with Crippen LogP contribution in [-0.4, -0.2) is 22.2 Å². The molecule has 0 aliphatic heterocycles. The minimum atomic E-state index is -0.948. The van der Waals surface area contributed by atoms with Crippen LogP contribution in [0.2, 0.25) is 0 Å². The van der Waals surface area contributed by atoms with Crippen LogP contribution in [0.3, 0.4) is 0 Å². The summed E-state index contributed by atoms with van der Waals surface area (Å²) in [5, 5.41) is 16.1. The van der Waals surface area contributed by atoms with Crippen molar-refractivity contribution in [2.45, 2.75) is 29.1 Å². The summed E-state index contributed by atoms with van der Waals surface area (Å²) < 4.78 is 0. The van der Waals surface area contributed by atoms with E-state index in [0.29, 0.717) is 22.7 Å². The van der Waals surface area contributed by atoms with E-state index >= 15 is 0 Å². The van der Waals surface area contributed by atoms with Crippen LogP contribution < -0.4 is 22.9 Å².